The molecular formula is C13H16N2O4. The first-order valence-corrected chi connectivity index (χ1v) is 5.86. The Morgan fingerprint density at radius 3 is 2.84 bits per heavy atom. The lowest BCUT2D eigenvalue weighted by Gasteiger charge is -2.18. The molecule has 2 rings (SSSR count). The molecule has 19 heavy (non-hydrogen) atoms. The molecule has 1 heterocycles. The first-order chi connectivity index (χ1) is 8.94. The summed E-state index contributed by atoms with van der Waals surface area (Å²) in [6.07, 6.45) is 0.913. The van der Waals surface area contributed by atoms with Crippen molar-refractivity contribution in [3.05, 3.63) is 23.8 Å². The second-order valence-electron chi connectivity index (χ2n) is 4.98. The second-order valence-corrected chi connectivity index (χ2v) is 4.98. The van der Waals surface area contributed by atoms with Gasteiger partial charge in [-0.05, 0) is 44.5 Å². The van der Waals surface area contributed by atoms with Gasteiger partial charge in [-0.15, -0.1) is 0 Å². The summed E-state index contributed by atoms with van der Waals surface area (Å²) < 4.78 is 15.5. The van der Waals surface area contributed by atoms with Crippen molar-refractivity contribution in [3.8, 4) is 11.5 Å². The summed E-state index contributed by atoms with van der Waals surface area (Å²) >= 11 is 0. The summed E-state index contributed by atoms with van der Waals surface area (Å²) in [5, 5.41) is 3.81. The van der Waals surface area contributed by atoms with Crippen molar-refractivity contribution < 1.29 is 19.0 Å². The lowest BCUT2D eigenvalue weighted by atomic mass is 10.2. The Balaban J connectivity index is 1.91. The second kappa shape index (κ2) is 5.17. The van der Waals surface area contributed by atoms with Crippen LogP contribution in [0.25, 0.3) is 0 Å². The normalized spacial score (nSPS) is 13.6. The molecule has 102 valence electrons. The van der Waals surface area contributed by atoms with E-state index < -0.39 is 11.7 Å². The van der Waals surface area contributed by atoms with E-state index in [1.807, 2.05) is 6.07 Å². The van der Waals surface area contributed by atoms with Gasteiger partial charge in [-0.25, -0.2) is 10.2 Å². The Morgan fingerprint density at radius 2 is 2.11 bits per heavy atom. The van der Waals surface area contributed by atoms with Gasteiger partial charge in [0.25, 0.3) is 0 Å². The van der Waals surface area contributed by atoms with E-state index in [9.17, 15) is 4.79 Å². The summed E-state index contributed by atoms with van der Waals surface area (Å²) in [5.74, 6) is 1.37. The molecule has 1 N–H and O–H groups in total. The predicted molar refractivity (Wildman–Crippen MR) is 69.5 cm³/mol. The summed E-state index contributed by atoms with van der Waals surface area (Å²) in [5.41, 5.74) is 2.54. The molecular weight excluding hydrogens is 248 g/mol. The lowest BCUT2D eigenvalue weighted by molar-refractivity contribution is 0.0529. The molecule has 0 fully saturated rings. The van der Waals surface area contributed by atoms with E-state index in [1.165, 1.54) is 6.21 Å². The number of hydrogen-bond acceptors (Lipinski definition) is 5. The van der Waals surface area contributed by atoms with Crippen molar-refractivity contribution in [1.29, 1.82) is 0 Å². The molecule has 1 amide bonds. The number of carbonyl (C=O) groups excluding carboxylic acids is 1. The van der Waals surface area contributed by atoms with Gasteiger partial charge < -0.3 is 14.2 Å². The molecule has 1 aromatic rings. The topological polar surface area (TPSA) is 69.2 Å². The number of fused-ring (bicyclic) bond motifs is 1. The summed E-state index contributed by atoms with van der Waals surface area (Å²) in [4.78, 5) is 11.3. The first-order valence-electron chi connectivity index (χ1n) is 5.86. The third kappa shape index (κ3) is 3.87. The van der Waals surface area contributed by atoms with Crippen LogP contribution in [0, 0.1) is 0 Å². The molecule has 0 bridgehead atoms. The standard InChI is InChI=1S/C13H16N2O4/c1-13(2,3)19-12(16)15-14-7-9-4-5-10-11(6-9)18-8-17-10/h4-7H,8H2,1-3H3,(H,15,16). The third-order valence-corrected chi connectivity index (χ3v) is 2.16. The molecule has 0 saturated heterocycles. The molecule has 1 aliphatic rings. The average molecular weight is 264 g/mol. The fraction of sp³-hybridized carbons (Fsp3) is 0.385. The van der Waals surface area contributed by atoms with Crippen molar-refractivity contribution in [1.82, 2.24) is 5.43 Å². The molecule has 0 aliphatic carbocycles. The van der Waals surface area contributed by atoms with E-state index in [2.05, 4.69) is 10.5 Å². The number of hydrogen-bond donors (Lipinski definition) is 1. The smallest absolute Gasteiger partial charge is 0.428 e. The summed E-state index contributed by atoms with van der Waals surface area (Å²) in [7, 11) is 0. The van der Waals surface area contributed by atoms with Crippen LogP contribution in [0.1, 0.15) is 26.3 Å². The van der Waals surface area contributed by atoms with E-state index in [1.54, 1.807) is 32.9 Å². The minimum atomic E-state index is -0.593. The number of rotatable bonds is 2. The highest BCUT2D eigenvalue weighted by Crippen LogP contribution is 2.31. The molecule has 0 unspecified atom stereocenters. The minimum absolute atomic E-state index is 0.228. The van der Waals surface area contributed by atoms with Crippen molar-refractivity contribution in [2.45, 2.75) is 26.4 Å². The molecule has 6 heteroatoms. The van der Waals surface area contributed by atoms with E-state index in [-0.39, 0.29) is 6.79 Å². The Kier molecular flexibility index (Phi) is 3.59. The zero-order chi connectivity index (χ0) is 13.9. The summed E-state index contributed by atoms with van der Waals surface area (Å²) in [6.45, 7) is 5.59. The fourth-order valence-corrected chi connectivity index (χ4v) is 1.45. The van der Waals surface area contributed by atoms with Gasteiger partial charge in [0, 0.05) is 0 Å². The molecule has 1 aromatic carbocycles. The van der Waals surface area contributed by atoms with Crippen LogP contribution in [-0.4, -0.2) is 24.7 Å². The largest absolute Gasteiger partial charge is 0.454 e. The molecule has 0 atom stereocenters. The SMILES string of the molecule is CC(C)(C)OC(=O)NN=Cc1ccc2c(c1)OCO2. The minimum Gasteiger partial charge on any atom is -0.454 e. The zero-order valence-corrected chi connectivity index (χ0v) is 11.1. The molecule has 0 aromatic heterocycles. The molecule has 0 saturated carbocycles. The Morgan fingerprint density at radius 1 is 1.37 bits per heavy atom. The van der Waals surface area contributed by atoms with Crippen molar-refractivity contribution in [2.24, 2.45) is 5.10 Å². The number of nitrogens with one attached hydrogen (secondary N) is 1. The van der Waals surface area contributed by atoms with Crippen molar-refractivity contribution in [2.75, 3.05) is 6.79 Å². The van der Waals surface area contributed by atoms with Gasteiger partial charge in [-0.1, -0.05) is 0 Å². The maximum atomic E-state index is 11.3. The maximum Gasteiger partial charge on any atom is 0.428 e. The highest BCUT2D eigenvalue weighted by Gasteiger charge is 2.15. The van der Waals surface area contributed by atoms with Crippen LogP contribution in [0.2, 0.25) is 0 Å². The number of nitrogens with zero attached hydrogens (tertiary/aromatic N) is 1. The fourth-order valence-electron chi connectivity index (χ4n) is 1.45. The molecule has 0 radical (unpaired) electrons. The number of ether oxygens (including phenoxy) is 3. The molecule has 0 spiro atoms. The van der Waals surface area contributed by atoms with Gasteiger partial charge >= 0.3 is 6.09 Å². The third-order valence-electron chi connectivity index (χ3n) is 2.16. The van der Waals surface area contributed by atoms with Crippen LogP contribution in [0.15, 0.2) is 23.3 Å². The van der Waals surface area contributed by atoms with Crippen LogP contribution in [0.4, 0.5) is 4.79 Å². The highest BCUT2D eigenvalue weighted by atomic mass is 16.7. The van der Waals surface area contributed by atoms with E-state index in [0.717, 1.165) is 5.56 Å². The van der Waals surface area contributed by atoms with Gasteiger partial charge in [-0.2, -0.15) is 5.10 Å². The first kappa shape index (κ1) is 13.2. The number of hydrazone groups is 1. The highest BCUT2D eigenvalue weighted by molar-refractivity contribution is 5.82. The van der Waals surface area contributed by atoms with Gasteiger partial charge in [0.2, 0.25) is 6.79 Å². The quantitative estimate of drug-likeness (QED) is 0.657. The van der Waals surface area contributed by atoms with Crippen LogP contribution < -0.4 is 14.9 Å². The van der Waals surface area contributed by atoms with Crippen molar-refractivity contribution in [3.63, 3.8) is 0 Å². The Labute approximate surface area is 111 Å². The molecule has 6 nitrogen and oxygen atoms in total. The number of amides is 1. The Bertz CT molecular complexity index is 506. The lowest BCUT2D eigenvalue weighted by Crippen LogP contribution is -2.29. The Hall–Kier alpha value is -2.24. The average Bonchev–Trinajstić information content (AvgIpc) is 2.73. The van der Waals surface area contributed by atoms with E-state index in [4.69, 9.17) is 14.2 Å². The molecule has 1 aliphatic heterocycles. The summed E-state index contributed by atoms with van der Waals surface area (Å²) in [6, 6.07) is 5.38. The van der Waals surface area contributed by atoms with Crippen LogP contribution in [0.3, 0.4) is 0 Å². The van der Waals surface area contributed by atoms with Crippen molar-refractivity contribution >= 4 is 12.3 Å². The number of benzene rings is 1. The predicted octanol–water partition coefficient (Wildman–Crippen LogP) is 2.27. The van der Waals surface area contributed by atoms with Gasteiger partial charge in [0.15, 0.2) is 11.5 Å². The number of carbonyl (C=O) groups is 1. The van der Waals surface area contributed by atoms with Gasteiger partial charge in [0.05, 0.1) is 6.21 Å². The monoisotopic (exact) mass is 264 g/mol. The van der Waals surface area contributed by atoms with Crippen LogP contribution in [0.5, 0.6) is 11.5 Å². The van der Waals surface area contributed by atoms with Gasteiger partial charge in [-0.3, -0.25) is 0 Å². The van der Waals surface area contributed by atoms with E-state index in [0.29, 0.717) is 11.5 Å². The van der Waals surface area contributed by atoms with E-state index >= 15 is 0 Å². The maximum absolute atomic E-state index is 11.3. The zero-order valence-electron chi connectivity index (χ0n) is 11.1. The van der Waals surface area contributed by atoms with Crippen LogP contribution >= 0.6 is 0 Å². The van der Waals surface area contributed by atoms with Gasteiger partial charge in [0.1, 0.15) is 5.60 Å². The van der Waals surface area contributed by atoms with Crippen LogP contribution in [-0.2, 0) is 4.74 Å².